The second-order valence-electron chi connectivity index (χ2n) is 5.71. The molecule has 0 radical (unpaired) electrons. The number of amides is 1. The molecule has 1 amide bonds. The summed E-state index contributed by atoms with van der Waals surface area (Å²) in [6.07, 6.45) is 3.19. The van der Waals surface area contributed by atoms with E-state index in [0.717, 1.165) is 30.3 Å². The number of benzene rings is 1. The molecular weight excluding hydrogens is 371 g/mol. The Hall–Kier alpha value is -0.650. The van der Waals surface area contributed by atoms with Crippen molar-refractivity contribution in [3.05, 3.63) is 34.1 Å². The molecule has 0 aromatic heterocycles. The van der Waals surface area contributed by atoms with Crippen LogP contribution in [0.1, 0.15) is 31.7 Å². The van der Waals surface area contributed by atoms with Gasteiger partial charge in [-0.3, -0.25) is 4.79 Å². The first-order chi connectivity index (χ1) is 10.1. The first kappa shape index (κ1) is 19.4. The largest absolute Gasteiger partial charge is 0.356 e. The minimum absolute atomic E-state index is 0. The molecule has 0 aliphatic carbocycles. The fourth-order valence-electron chi connectivity index (χ4n) is 2.73. The summed E-state index contributed by atoms with van der Waals surface area (Å²) in [6, 6.07) is 5.51. The molecule has 6 heteroatoms. The van der Waals surface area contributed by atoms with Crippen LogP contribution in [0.4, 0.5) is 4.39 Å². The molecule has 22 heavy (non-hydrogen) atoms. The average Bonchev–Trinajstić information content (AvgIpc) is 2.45. The highest BCUT2D eigenvalue weighted by atomic mass is 79.9. The normalized spacial score (nSPS) is 21.0. The van der Waals surface area contributed by atoms with Gasteiger partial charge in [0, 0.05) is 23.0 Å². The Balaban J connectivity index is 0.00000242. The lowest BCUT2D eigenvalue weighted by Crippen LogP contribution is -2.42. The highest BCUT2D eigenvalue weighted by Crippen LogP contribution is 2.17. The molecule has 2 atom stereocenters. The van der Waals surface area contributed by atoms with Crippen LogP contribution in [-0.2, 0) is 11.2 Å². The van der Waals surface area contributed by atoms with E-state index in [0.29, 0.717) is 24.6 Å². The fraction of sp³-hybridized carbons (Fsp3) is 0.562. The number of carbonyl (C=O) groups is 1. The van der Waals surface area contributed by atoms with E-state index in [-0.39, 0.29) is 30.0 Å². The van der Waals surface area contributed by atoms with Crippen LogP contribution in [0.2, 0.25) is 0 Å². The van der Waals surface area contributed by atoms with Crippen LogP contribution < -0.4 is 10.6 Å². The summed E-state index contributed by atoms with van der Waals surface area (Å²) in [5, 5.41) is 6.32. The van der Waals surface area contributed by atoms with E-state index in [1.807, 2.05) is 6.07 Å². The second kappa shape index (κ2) is 9.48. The van der Waals surface area contributed by atoms with Gasteiger partial charge in [-0.15, -0.1) is 12.4 Å². The van der Waals surface area contributed by atoms with Crippen LogP contribution in [0, 0.1) is 11.7 Å². The lowest BCUT2D eigenvalue weighted by Gasteiger charge is -2.27. The van der Waals surface area contributed by atoms with E-state index in [4.69, 9.17) is 0 Å². The number of halogens is 3. The van der Waals surface area contributed by atoms with Gasteiger partial charge >= 0.3 is 0 Å². The highest BCUT2D eigenvalue weighted by Gasteiger charge is 2.24. The topological polar surface area (TPSA) is 41.1 Å². The number of nitrogens with one attached hydrogen (secondary N) is 2. The lowest BCUT2D eigenvalue weighted by atomic mass is 9.92. The van der Waals surface area contributed by atoms with E-state index in [9.17, 15) is 9.18 Å². The minimum atomic E-state index is -0.192. The van der Waals surface area contributed by atoms with Crippen molar-refractivity contribution in [1.29, 1.82) is 0 Å². The minimum Gasteiger partial charge on any atom is -0.356 e. The van der Waals surface area contributed by atoms with Crippen molar-refractivity contribution in [2.45, 2.75) is 38.6 Å². The molecule has 0 saturated carbocycles. The summed E-state index contributed by atoms with van der Waals surface area (Å²) in [4.78, 5) is 12.0. The molecule has 2 rings (SSSR count). The molecule has 1 aromatic rings. The van der Waals surface area contributed by atoms with Crippen molar-refractivity contribution in [3.8, 4) is 0 Å². The maximum atomic E-state index is 13.6. The van der Waals surface area contributed by atoms with Crippen LogP contribution in [0.25, 0.3) is 0 Å². The third-order valence-corrected chi connectivity index (χ3v) is 4.42. The van der Waals surface area contributed by atoms with Crippen LogP contribution >= 0.6 is 28.3 Å². The van der Waals surface area contributed by atoms with Crippen LogP contribution in [0.15, 0.2) is 22.7 Å². The summed E-state index contributed by atoms with van der Waals surface area (Å²) in [7, 11) is 0. The van der Waals surface area contributed by atoms with Crippen LogP contribution in [-0.4, -0.2) is 25.0 Å². The number of hydrogen-bond acceptors (Lipinski definition) is 2. The van der Waals surface area contributed by atoms with Gasteiger partial charge in [0.05, 0.1) is 0 Å². The third kappa shape index (κ3) is 5.86. The number of piperidine rings is 1. The van der Waals surface area contributed by atoms with Crippen LogP contribution in [0.5, 0.6) is 0 Å². The van der Waals surface area contributed by atoms with Gasteiger partial charge in [-0.05, 0) is 56.8 Å². The zero-order valence-corrected chi connectivity index (χ0v) is 15.1. The molecule has 3 nitrogen and oxygen atoms in total. The van der Waals surface area contributed by atoms with E-state index >= 15 is 0 Å². The third-order valence-electron chi connectivity index (χ3n) is 3.93. The van der Waals surface area contributed by atoms with Crippen molar-refractivity contribution in [3.63, 3.8) is 0 Å². The molecule has 2 N–H and O–H groups in total. The molecule has 1 fully saturated rings. The summed E-state index contributed by atoms with van der Waals surface area (Å²) in [5.74, 6) is 0.0631. The molecule has 0 spiro atoms. The maximum Gasteiger partial charge on any atom is 0.223 e. The average molecular weight is 394 g/mol. The maximum absolute atomic E-state index is 13.6. The van der Waals surface area contributed by atoms with Crippen molar-refractivity contribution >= 4 is 34.2 Å². The number of hydrogen-bond donors (Lipinski definition) is 2. The van der Waals surface area contributed by atoms with Crippen molar-refractivity contribution < 1.29 is 9.18 Å². The molecule has 1 aliphatic heterocycles. The first-order valence-electron chi connectivity index (χ1n) is 7.51. The van der Waals surface area contributed by atoms with E-state index in [2.05, 4.69) is 33.5 Å². The fourth-order valence-corrected chi connectivity index (χ4v) is 3.06. The smallest absolute Gasteiger partial charge is 0.223 e. The Bertz CT molecular complexity index is 501. The van der Waals surface area contributed by atoms with Gasteiger partial charge in [-0.25, -0.2) is 4.39 Å². The van der Waals surface area contributed by atoms with Gasteiger partial charge in [-0.1, -0.05) is 22.0 Å². The van der Waals surface area contributed by atoms with E-state index in [1.165, 1.54) is 6.07 Å². The Kier molecular flexibility index (Phi) is 8.36. The quantitative estimate of drug-likeness (QED) is 0.752. The zero-order valence-electron chi connectivity index (χ0n) is 12.7. The summed E-state index contributed by atoms with van der Waals surface area (Å²) in [5.41, 5.74) is 0.697. The van der Waals surface area contributed by atoms with Crippen molar-refractivity contribution in [1.82, 2.24) is 10.6 Å². The van der Waals surface area contributed by atoms with Gasteiger partial charge in [0.2, 0.25) is 5.91 Å². The summed E-state index contributed by atoms with van der Waals surface area (Å²) in [6.45, 7) is 3.62. The molecule has 124 valence electrons. The van der Waals surface area contributed by atoms with Gasteiger partial charge in [0.25, 0.3) is 0 Å². The molecule has 0 bridgehead atoms. The molecule has 1 heterocycles. The zero-order chi connectivity index (χ0) is 15.2. The van der Waals surface area contributed by atoms with E-state index in [1.54, 1.807) is 6.07 Å². The predicted octanol–water partition coefficient (Wildman–Crippen LogP) is 3.45. The Morgan fingerprint density at radius 1 is 1.50 bits per heavy atom. The van der Waals surface area contributed by atoms with Gasteiger partial charge in [0.1, 0.15) is 5.82 Å². The van der Waals surface area contributed by atoms with Gasteiger partial charge in [-0.2, -0.15) is 0 Å². The molecular formula is C16H23BrClFN2O. The van der Waals surface area contributed by atoms with E-state index < -0.39 is 0 Å². The van der Waals surface area contributed by atoms with Crippen LogP contribution in [0.3, 0.4) is 0 Å². The van der Waals surface area contributed by atoms with Crippen molar-refractivity contribution in [2.75, 3.05) is 13.1 Å². The summed E-state index contributed by atoms with van der Waals surface area (Å²) >= 11 is 3.24. The Morgan fingerprint density at radius 3 is 2.95 bits per heavy atom. The highest BCUT2D eigenvalue weighted by molar-refractivity contribution is 9.10. The molecule has 1 aliphatic rings. The molecule has 1 aromatic carbocycles. The Labute approximate surface area is 146 Å². The monoisotopic (exact) mass is 392 g/mol. The number of carbonyl (C=O) groups excluding carboxylic acids is 1. The molecule has 0 unspecified atom stereocenters. The van der Waals surface area contributed by atoms with Gasteiger partial charge in [0.15, 0.2) is 0 Å². The first-order valence-corrected chi connectivity index (χ1v) is 8.30. The van der Waals surface area contributed by atoms with Crippen molar-refractivity contribution in [2.24, 2.45) is 5.92 Å². The number of rotatable bonds is 5. The second-order valence-corrected chi connectivity index (χ2v) is 6.62. The standard InChI is InChI=1S/C16H22BrFN2O.ClH/c1-11-9-13(6-8-19-11)16(21)20-7-2-3-12-4-5-14(17)10-15(12)18;/h4-5,10-11,13,19H,2-3,6-9H2,1H3,(H,20,21);1H/t11-,13-;/m0./s1. The summed E-state index contributed by atoms with van der Waals surface area (Å²) < 4.78 is 14.4. The lowest BCUT2D eigenvalue weighted by molar-refractivity contribution is -0.126. The predicted molar refractivity (Wildman–Crippen MR) is 92.9 cm³/mol. The number of aryl methyl sites for hydroxylation is 1. The molecule has 1 saturated heterocycles. The Morgan fingerprint density at radius 2 is 2.27 bits per heavy atom. The SMILES string of the molecule is C[C@H]1C[C@@H](C(=O)NCCCc2ccc(Br)cc2F)CCN1.Cl. The van der Waals surface area contributed by atoms with Gasteiger partial charge < -0.3 is 10.6 Å².